The van der Waals surface area contributed by atoms with E-state index in [0.717, 1.165) is 162 Å². The standard InChI is InChI=1S/C27H28F3N5O2S.2C26H37N5O3S2/c1-3-23(36)32-21-11-9-19(10-12-21)25(37)35-13-5-8-22(17-35)33-26-31-15-24(38-26)34(2)16-18-6-4-7-20(14-18)27(28,29)30;2*1-5-21(32)29-18-10-8-17(9-11-18)24(33)31-12-6-7-19(15-31)30-25-28-14-23(36-25)35-16-22-27-13-20(34-22)26(2,3)4/h3-4,6-7,9-12,14-15,22H,1,5,8,13,16-17H2,2H3,(H,31,33)(H,32,36);2*5,13-14,17-19H,1,6-12,15-16H2,2-4H3,(H,28,30)(H,29,32)/t22-;2*17?,18?,19-/m111/s1. The first-order chi connectivity index (χ1) is 52.5. The second-order valence-electron chi connectivity index (χ2n) is 30.4. The van der Waals surface area contributed by atoms with Crippen LogP contribution in [0, 0.1) is 11.8 Å². The molecule has 5 aliphatic rings. The Bertz CT molecular complexity index is 4080. The van der Waals surface area contributed by atoms with Crippen LogP contribution in [0.2, 0.25) is 0 Å². The van der Waals surface area contributed by atoms with Crippen LogP contribution in [0.4, 0.5) is 39.3 Å². The van der Waals surface area contributed by atoms with Gasteiger partial charge in [-0.25, -0.2) is 24.9 Å². The summed E-state index contributed by atoms with van der Waals surface area (Å²) < 4.78 is 53.1. The van der Waals surface area contributed by atoms with Crippen molar-refractivity contribution in [2.75, 3.05) is 72.5 Å². The van der Waals surface area contributed by atoms with Gasteiger partial charge in [0, 0.05) is 117 Å². The number of anilines is 5. The molecule has 0 unspecified atom stereocenters. The Labute approximate surface area is 662 Å². The van der Waals surface area contributed by atoms with Crippen molar-refractivity contribution in [3.8, 4) is 0 Å². The molecule has 0 radical (unpaired) electrons. The molecule has 7 aromatic rings. The number of likely N-dealkylation sites (tertiary alicyclic amines) is 3. The molecule has 8 heterocycles. The summed E-state index contributed by atoms with van der Waals surface area (Å²) >= 11 is 8.02. The van der Waals surface area contributed by atoms with E-state index in [1.807, 2.05) is 46.5 Å². The Hall–Kier alpha value is -8.52. The molecule has 5 fully saturated rings. The Morgan fingerprint density at radius 3 is 1.42 bits per heavy atom. The van der Waals surface area contributed by atoms with Crippen LogP contribution in [0.1, 0.15) is 176 Å². The summed E-state index contributed by atoms with van der Waals surface area (Å²) in [6, 6.07) is 12.8. The van der Waals surface area contributed by atoms with Crippen molar-refractivity contribution in [3.05, 3.63) is 157 Å². The number of rotatable bonds is 24. The number of carbonyl (C=O) groups excluding carboxylic acids is 6. The van der Waals surface area contributed by atoms with Gasteiger partial charge in [-0.2, -0.15) is 13.2 Å². The topological polar surface area (TPSA) is 278 Å². The molecule has 6 N–H and O–H groups in total. The van der Waals surface area contributed by atoms with Gasteiger partial charge in [-0.3, -0.25) is 28.8 Å². The zero-order chi connectivity index (χ0) is 78.7. The van der Waals surface area contributed by atoms with Gasteiger partial charge in [0.05, 0.1) is 56.5 Å². The summed E-state index contributed by atoms with van der Waals surface area (Å²) in [7, 11) is 1.81. The average Bonchev–Trinajstić information content (AvgIpc) is 1.07. The number of oxazole rings is 2. The van der Waals surface area contributed by atoms with Crippen LogP contribution >= 0.6 is 57.5 Å². The van der Waals surface area contributed by atoms with E-state index in [1.165, 1.54) is 35.6 Å². The van der Waals surface area contributed by atoms with Gasteiger partial charge in [0.2, 0.25) is 41.3 Å². The lowest BCUT2D eigenvalue weighted by molar-refractivity contribution is -0.138. The number of carbonyl (C=O) groups is 6. The monoisotopic (exact) mass is 1610 g/mol. The van der Waals surface area contributed by atoms with E-state index in [2.05, 4.69) is 118 Å². The lowest BCUT2D eigenvalue weighted by Crippen LogP contribution is -2.48. The molecule has 110 heavy (non-hydrogen) atoms. The van der Waals surface area contributed by atoms with Crippen LogP contribution in [0.3, 0.4) is 0 Å². The Morgan fingerprint density at radius 2 is 0.982 bits per heavy atom. The minimum atomic E-state index is -4.38. The van der Waals surface area contributed by atoms with Crippen LogP contribution in [0.5, 0.6) is 0 Å². The fourth-order valence-electron chi connectivity index (χ4n) is 13.7. The molecular formula is C79H102F3N15O8S5. The van der Waals surface area contributed by atoms with Crippen LogP contribution in [-0.4, -0.2) is 152 Å². The van der Waals surface area contributed by atoms with E-state index >= 15 is 0 Å². The van der Waals surface area contributed by atoms with Crippen molar-refractivity contribution in [2.45, 2.75) is 205 Å². The highest BCUT2D eigenvalue weighted by atomic mass is 32.2. The average molecular weight is 1610 g/mol. The van der Waals surface area contributed by atoms with E-state index in [1.54, 1.807) is 87.6 Å². The molecule has 2 aliphatic carbocycles. The number of thioether (sulfide) groups is 2. The molecule has 31 heteroatoms. The molecule has 0 bridgehead atoms. The van der Waals surface area contributed by atoms with E-state index in [0.29, 0.717) is 66.2 Å². The summed E-state index contributed by atoms with van der Waals surface area (Å²) in [4.78, 5) is 104. The van der Waals surface area contributed by atoms with Crippen molar-refractivity contribution in [2.24, 2.45) is 11.8 Å². The van der Waals surface area contributed by atoms with Gasteiger partial charge in [0.1, 0.15) is 16.5 Å². The molecule has 23 nitrogen and oxygen atoms in total. The summed E-state index contributed by atoms with van der Waals surface area (Å²) in [5.74, 6) is 4.54. The summed E-state index contributed by atoms with van der Waals surface area (Å²) in [5, 5.41) is 22.4. The molecule has 3 atom stereocenters. The lowest BCUT2D eigenvalue weighted by Gasteiger charge is -2.37. The van der Waals surface area contributed by atoms with Crippen molar-refractivity contribution in [3.63, 3.8) is 0 Å². The van der Waals surface area contributed by atoms with Crippen molar-refractivity contribution >= 4 is 119 Å². The largest absolute Gasteiger partial charge is 0.444 e. The molecule has 2 aromatic carbocycles. The normalized spacial score (nSPS) is 20.3. The first kappa shape index (κ1) is 83.9. The Kier molecular flexibility index (Phi) is 29.8. The lowest BCUT2D eigenvalue weighted by atomic mass is 9.84. The third kappa shape index (κ3) is 25.0. The second-order valence-corrected chi connectivity index (χ2v) is 36.0. The Morgan fingerprint density at radius 1 is 0.545 bits per heavy atom. The smallest absolute Gasteiger partial charge is 0.416 e. The number of nitrogens with one attached hydrogen (secondary N) is 6. The number of nitrogens with zero attached hydrogens (tertiary/aromatic N) is 9. The number of thiazole rings is 3. The highest BCUT2D eigenvalue weighted by Crippen LogP contribution is 2.38. The second kappa shape index (κ2) is 39.1. The maximum atomic E-state index is 13.2. The number of amides is 6. The first-order valence-electron chi connectivity index (χ1n) is 37.5. The number of hydrogen-bond acceptors (Lipinski definition) is 22. The maximum Gasteiger partial charge on any atom is 0.416 e. The molecule has 12 rings (SSSR count). The minimum absolute atomic E-state index is 0.0200. The van der Waals surface area contributed by atoms with Gasteiger partial charge >= 0.3 is 6.18 Å². The number of alkyl halides is 3. The van der Waals surface area contributed by atoms with Gasteiger partial charge in [0.15, 0.2) is 15.4 Å². The minimum Gasteiger partial charge on any atom is -0.444 e. The van der Waals surface area contributed by atoms with Gasteiger partial charge in [0.25, 0.3) is 5.91 Å². The molecule has 2 saturated carbocycles. The molecule has 5 aromatic heterocycles. The third-order valence-corrected chi connectivity index (χ3v) is 25.0. The molecule has 6 amide bonds. The molecule has 3 saturated heterocycles. The predicted octanol–water partition coefficient (Wildman–Crippen LogP) is 15.6. The van der Waals surface area contributed by atoms with Crippen LogP contribution in [0.25, 0.3) is 0 Å². The number of halogens is 3. The van der Waals surface area contributed by atoms with E-state index in [-0.39, 0.29) is 88.3 Å². The fourth-order valence-corrected chi connectivity index (χ4v) is 18.1. The first-order valence-corrected chi connectivity index (χ1v) is 41.9. The highest BCUT2D eigenvalue weighted by Gasteiger charge is 2.36. The quantitative estimate of drug-likeness (QED) is 0.0242. The van der Waals surface area contributed by atoms with Crippen LogP contribution in [0.15, 0.2) is 135 Å². The number of piperidine rings is 3. The van der Waals surface area contributed by atoms with Crippen molar-refractivity contribution < 1.29 is 50.8 Å². The number of aromatic nitrogens is 5. The molecule has 0 spiro atoms. The summed E-state index contributed by atoms with van der Waals surface area (Å²) in [6.07, 6.45) is 20.9. The van der Waals surface area contributed by atoms with E-state index in [4.69, 9.17) is 8.83 Å². The summed E-state index contributed by atoms with van der Waals surface area (Å²) in [6.45, 7) is 27.6. The van der Waals surface area contributed by atoms with Crippen LogP contribution in [-0.2, 0) is 59.0 Å². The van der Waals surface area contributed by atoms with E-state index < -0.39 is 11.7 Å². The highest BCUT2D eigenvalue weighted by molar-refractivity contribution is 8.00. The van der Waals surface area contributed by atoms with Gasteiger partial charge in [-0.1, -0.05) is 107 Å². The number of benzene rings is 2. The van der Waals surface area contributed by atoms with Crippen molar-refractivity contribution in [1.29, 1.82) is 0 Å². The van der Waals surface area contributed by atoms with Crippen LogP contribution < -0.4 is 36.8 Å². The summed E-state index contributed by atoms with van der Waals surface area (Å²) in [5.41, 5.74) is 0.923. The molecule has 3 aliphatic heterocycles. The zero-order valence-electron chi connectivity index (χ0n) is 63.6. The fraction of sp³-hybridized carbons (Fsp3) is 0.506. The van der Waals surface area contributed by atoms with E-state index in [9.17, 15) is 41.9 Å². The number of hydrogen-bond donors (Lipinski definition) is 6. The third-order valence-electron chi connectivity index (χ3n) is 19.7. The molecule has 592 valence electrons. The SMILES string of the molecule is C=CC(=O)NC1CCC(C(=O)N2CCC[C@@H](Nc3ncc(SCc4ncc(C(C)(C)C)o4)s3)C2)CC1.C=CC(=O)NC1CCC(C(=O)N2CCC[C@@H](Nc3ncc(SCc4ncc(C(C)(C)C)o4)s3)C2)CC1.C=CC(=O)Nc1ccc(C(=O)N2CCC[C@@H](Nc3ncc(N(C)Cc4cccc(C(F)(F)F)c4)s3)C2)cc1. The zero-order valence-corrected chi connectivity index (χ0v) is 67.7. The van der Waals surface area contributed by atoms with Crippen molar-refractivity contribution in [1.82, 2.24) is 50.3 Å². The van der Waals surface area contributed by atoms with Gasteiger partial charge < -0.3 is 60.3 Å². The van der Waals surface area contributed by atoms with Gasteiger partial charge in [-0.15, -0.1) is 23.5 Å². The van der Waals surface area contributed by atoms with Gasteiger partial charge in [-0.05, 0) is 150 Å². The molecular weight excluding hydrogens is 1500 g/mol. The maximum absolute atomic E-state index is 13.2. The Balaban J connectivity index is 0.000000176. The predicted molar refractivity (Wildman–Crippen MR) is 432 cm³/mol.